The smallest absolute Gasteiger partial charge is 0.217 e. The molecule has 2 fully saturated rings. The molecule has 28 heavy (non-hydrogen) atoms. The van der Waals surface area contributed by atoms with Crippen molar-refractivity contribution in [3.05, 3.63) is 0 Å². The summed E-state index contributed by atoms with van der Waals surface area (Å²) in [6.07, 6.45) is -8.81. The molecule has 12 heteroatoms. The van der Waals surface area contributed by atoms with Crippen LogP contribution in [0.4, 0.5) is 0 Å². The van der Waals surface area contributed by atoms with E-state index in [1.54, 1.807) is 0 Å². The summed E-state index contributed by atoms with van der Waals surface area (Å²) in [5.74, 6) is -0.430. The fourth-order valence-corrected chi connectivity index (χ4v) is 3.48. The minimum atomic E-state index is -1.35. The van der Waals surface area contributed by atoms with Crippen LogP contribution in [0.3, 0.4) is 0 Å². The highest BCUT2D eigenvalue weighted by atomic mass is 16.7. The van der Waals surface area contributed by atoms with Crippen LogP contribution in [0.2, 0.25) is 0 Å². The van der Waals surface area contributed by atoms with Gasteiger partial charge in [-0.1, -0.05) is 0 Å². The van der Waals surface area contributed by atoms with Gasteiger partial charge in [0, 0.05) is 21.1 Å². The molecule has 1 amide bonds. The van der Waals surface area contributed by atoms with E-state index in [9.17, 15) is 25.2 Å². The zero-order valence-electron chi connectivity index (χ0n) is 16.0. The highest BCUT2D eigenvalue weighted by molar-refractivity contribution is 5.73. The Labute approximate surface area is 162 Å². The molecule has 2 heterocycles. The highest BCUT2D eigenvalue weighted by Gasteiger charge is 2.50. The summed E-state index contributed by atoms with van der Waals surface area (Å²) in [6.45, 7) is 0.277. The third kappa shape index (κ3) is 4.79. The number of carbonyl (C=O) groups excluding carboxylic acids is 1. The summed E-state index contributed by atoms with van der Waals surface area (Å²) in [4.78, 5) is 11.5. The lowest BCUT2D eigenvalue weighted by Gasteiger charge is -2.47. The number of aliphatic hydroxyl groups is 4. The van der Waals surface area contributed by atoms with Crippen molar-refractivity contribution >= 4 is 5.91 Å². The van der Waals surface area contributed by atoms with Crippen LogP contribution < -0.4 is 11.1 Å². The van der Waals surface area contributed by atoms with Gasteiger partial charge in [-0.3, -0.25) is 4.79 Å². The Kier molecular flexibility index (Phi) is 8.51. The molecule has 2 aliphatic rings. The number of rotatable bonds is 7. The number of nitrogens with two attached hydrogens (primary N) is 1. The molecule has 0 spiro atoms. The maximum Gasteiger partial charge on any atom is 0.217 e. The van der Waals surface area contributed by atoms with Gasteiger partial charge < -0.3 is 55.2 Å². The number of aliphatic hydroxyl groups excluding tert-OH is 4. The van der Waals surface area contributed by atoms with Crippen molar-refractivity contribution in [3.63, 3.8) is 0 Å². The van der Waals surface area contributed by atoms with Crippen LogP contribution in [0.1, 0.15) is 6.92 Å². The lowest BCUT2D eigenvalue weighted by Crippen LogP contribution is -2.68. The fourth-order valence-electron chi connectivity index (χ4n) is 3.48. The Balaban J connectivity index is 2.20. The number of nitrogens with one attached hydrogen (secondary N) is 1. The van der Waals surface area contributed by atoms with Gasteiger partial charge in [0.2, 0.25) is 5.91 Å². The Morgan fingerprint density at radius 1 is 1.00 bits per heavy atom. The first-order valence-corrected chi connectivity index (χ1v) is 8.91. The first kappa shape index (κ1) is 23.3. The predicted molar refractivity (Wildman–Crippen MR) is 91.8 cm³/mol. The van der Waals surface area contributed by atoms with Crippen LogP contribution in [0, 0.1) is 0 Å². The van der Waals surface area contributed by atoms with E-state index < -0.39 is 80.4 Å². The number of ether oxygens (including phenoxy) is 5. The maximum absolute atomic E-state index is 11.5. The molecule has 0 radical (unpaired) electrons. The van der Waals surface area contributed by atoms with Gasteiger partial charge in [0.05, 0.1) is 19.3 Å². The molecular formula is C16H30N2O10. The number of amides is 1. The van der Waals surface area contributed by atoms with Crippen LogP contribution in [-0.2, 0) is 28.5 Å². The average Bonchev–Trinajstić information content (AvgIpc) is 2.67. The van der Waals surface area contributed by atoms with Crippen molar-refractivity contribution < 1.29 is 48.9 Å². The van der Waals surface area contributed by atoms with Gasteiger partial charge in [-0.25, -0.2) is 0 Å². The minimum absolute atomic E-state index is 0.430. The van der Waals surface area contributed by atoms with Crippen LogP contribution in [0.5, 0.6) is 0 Å². The summed E-state index contributed by atoms with van der Waals surface area (Å²) in [6, 6.07) is -2.06. The van der Waals surface area contributed by atoms with E-state index in [1.165, 1.54) is 21.1 Å². The van der Waals surface area contributed by atoms with E-state index in [0.29, 0.717) is 0 Å². The van der Waals surface area contributed by atoms with Gasteiger partial charge in [0.25, 0.3) is 0 Å². The normalized spacial score (nSPS) is 44.3. The lowest BCUT2D eigenvalue weighted by atomic mass is 9.95. The molecule has 12 nitrogen and oxygen atoms in total. The van der Waals surface area contributed by atoms with Crippen molar-refractivity contribution in [1.82, 2.24) is 5.32 Å². The summed E-state index contributed by atoms with van der Waals surface area (Å²) in [7, 11) is 2.67. The average molecular weight is 410 g/mol. The van der Waals surface area contributed by atoms with Crippen LogP contribution in [0.25, 0.3) is 0 Å². The molecule has 0 bridgehead atoms. The summed E-state index contributed by atoms with van der Waals surface area (Å²) in [5.41, 5.74) is 5.98. The van der Waals surface area contributed by atoms with E-state index in [-0.39, 0.29) is 0 Å². The Morgan fingerprint density at radius 3 is 2.07 bits per heavy atom. The fraction of sp³-hybridized carbons (Fsp3) is 0.938. The predicted octanol–water partition coefficient (Wildman–Crippen LogP) is -3.98. The lowest BCUT2D eigenvalue weighted by molar-refractivity contribution is -0.329. The molecule has 2 aliphatic heterocycles. The quantitative estimate of drug-likeness (QED) is 0.241. The number of hydrogen-bond acceptors (Lipinski definition) is 11. The van der Waals surface area contributed by atoms with Crippen LogP contribution in [-0.4, -0.2) is 115 Å². The molecule has 10 atom stereocenters. The Morgan fingerprint density at radius 2 is 1.57 bits per heavy atom. The molecule has 2 rings (SSSR count). The number of methoxy groups -OCH3 is 2. The molecule has 0 saturated carbocycles. The van der Waals surface area contributed by atoms with Gasteiger partial charge in [-0.2, -0.15) is 0 Å². The molecule has 164 valence electrons. The molecule has 0 aromatic heterocycles. The third-order valence-corrected chi connectivity index (χ3v) is 4.92. The molecule has 0 aromatic carbocycles. The maximum atomic E-state index is 11.5. The first-order valence-electron chi connectivity index (χ1n) is 8.91. The van der Waals surface area contributed by atoms with Gasteiger partial charge >= 0.3 is 0 Å². The third-order valence-electron chi connectivity index (χ3n) is 4.92. The monoisotopic (exact) mass is 410 g/mol. The van der Waals surface area contributed by atoms with Crippen molar-refractivity contribution in [3.8, 4) is 0 Å². The summed E-state index contributed by atoms with van der Waals surface area (Å²) >= 11 is 0. The first-order chi connectivity index (χ1) is 13.3. The van der Waals surface area contributed by atoms with E-state index in [4.69, 9.17) is 29.4 Å². The molecule has 10 unspecified atom stereocenters. The second-order valence-electron chi connectivity index (χ2n) is 6.77. The van der Waals surface area contributed by atoms with Gasteiger partial charge in [-0.05, 0) is 0 Å². The highest BCUT2D eigenvalue weighted by Crippen LogP contribution is 2.29. The SMILES string of the molecule is COC1OC(CO)C(OC2OC(CO)C(OC)C(O)C2N)C(O)C1NC(C)=O. The van der Waals surface area contributed by atoms with E-state index >= 15 is 0 Å². The Hall–Kier alpha value is -0.930. The van der Waals surface area contributed by atoms with Crippen molar-refractivity contribution in [1.29, 1.82) is 0 Å². The molecule has 0 aromatic rings. The molecular weight excluding hydrogens is 380 g/mol. The van der Waals surface area contributed by atoms with Gasteiger partial charge in [-0.15, -0.1) is 0 Å². The van der Waals surface area contributed by atoms with E-state index in [1.807, 2.05) is 0 Å². The molecule has 2 saturated heterocycles. The van der Waals surface area contributed by atoms with Crippen LogP contribution in [0.15, 0.2) is 0 Å². The summed E-state index contributed by atoms with van der Waals surface area (Å²) < 4.78 is 27.2. The van der Waals surface area contributed by atoms with Gasteiger partial charge in [0.15, 0.2) is 12.6 Å². The van der Waals surface area contributed by atoms with Gasteiger partial charge in [0.1, 0.15) is 42.7 Å². The second kappa shape index (κ2) is 10.2. The second-order valence-corrected chi connectivity index (χ2v) is 6.77. The zero-order chi connectivity index (χ0) is 21.0. The van der Waals surface area contributed by atoms with Crippen molar-refractivity contribution in [2.75, 3.05) is 27.4 Å². The summed E-state index contributed by atoms with van der Waals surface area (Å²) in [5, 5.41) is 42.7. The standard InChI is InChI=1S/C16H30N2O10/c1-6(21)18-10-12(23)14(8(5-20)27-16(10)25-3)28-15-9(17)11(22)13(24-2)7(4-19)26-15/h7-16,19-20,22-23H,4-5,17H2,1-3H3,(H,18,21). The van der Waals surface area contributed by atoms with E-state index in [0.717, 1.165) is 0 Å². The van der Waals surface area contributed by atoms with E-state index in [2.05, 4.69) is 5.32 Å². The largest absolute Gasteiger partial charge is 0.394 e. The minimum Gasteiger partial charge on any atom is -0.394 e. The van der Waals surface area contributed by atoms with Crippen molar-refractivity contribution in [2.45, 2.75) is 68.2 Å². The number of carbonyl (C=O) groups is 1. The zero-order valence-corrected chi connectivity index (χ0v) is 16.0. The topological polar surface area (TPSA) is 182 Å². The van der Waals surface area contributed by atoms with Crippen LogP contribution >= 0.6 is 0 Å². The molecule has 7 N–H and O–H groups in total. The number of hydrogen-bond donors (Lipinski definition) is 6. The molecule has 0 aliphatic carbocycles. The Bertz CT molecular complexity index is 510. The van der Waals surface area contributed by atoms with Crippen molar-refractivity contribution in [2.24, 2.45) is 5.73 Å².